The molecule has 2 aromatic heterocycles. The highest BCUT2D eigenvalue weighted by molar-refractivity contribution is 6.43. The number of aromatic nitrogens is 4. The molecule has 4 heterocycles. The molecule has 6 rings (SSSR count). The maximum absolute atomic E-state index is 8.75. The molecule has 36 heavy (non-hydrogen) atoms. The monoisotopic (exact) mass is 523 g/mol. The number of nitrogens with one attached hydrogen (secondary N) is 3. The Labute approximate surface area is 217 Å². The number of aromatic amines is 1. The highest BCUT2D eigenvalue weighted by Crippen LogP contribution is 2.38. The molecular formula is C25H23Cl2N7O2. The summed E-state index contributed by atoms with van der Waals surface area (Å²) in [4.78, 5) is 11.6. The van der Waals surface area contributed by atoms with Gasteiger partial charge in [0.2, 0.25) is 6.79 Å². The molecule has 2 aromatic carbocycles. The van der Waals surface area contributed by atoms with Crippen molar-refractivity contribution in [2.75, 3.05) is 30.1 Å². The van der Waals surface area contributed by atoms with Gasteiger partial charge in [0.05, 0.1) is 16.2 Å². The first kappa shape index (κ1) is 22.9. The molecule has 4 aromatic rings. The lowest BCUT2D eigenvalue weighted by molar-refractivity contribution is 0.174. The van der Waals surface area contributed by atoms with Gasteiger partial charge < -0.3 is 19.7 Å². The Kier molecular flexibility index (Phi) is 5.61. The Balaban J connectivity index is 1.15. The van der Waals surface area contributed by atoms with Crippen molar-refractivity contribution in [1.82, 2.24) is 20.2 Å². The number of hydrogen-bond acceptors (Lipinski definition) is 7. The number of halogens is 2. The number of rotatable bonds is 4. The Bertz CT molecular complexity index is 1480. The first-order valence-corrected chi connectivity index (χ1v) is 12.3. The van der Waals surface area contributed by atoms with Crippen molar-refractivity contribution in [2.24, 2.45) is 5.41 Å². The Morgan fingerprint density at radius 1 is 1.14 bits per heavy atom. The third kappa shape index (κ3) is 3.98. The van der Waals surface area contributed by atoms with Crippen LogP contribution in [0.4, 0.5) is 11.5 Å². The number of piperidine rings is 1. The Morgan fingerprint density at radius 2 is 1.94 bits per heavy atom. The zero-order chi connectivity index (χ0) is 24.9. The summed E-state index contributed by atoms with van der Waals surface area (Å²) in [6, 6.07) is 11.1. The largest absolute Gasteiger partial charge is 0.454 e. The number of hydrogen-bond donors (Lipinski definition) is 3. The number of anilines is 2. The van der Waals surface area contributed by atoms with Crippen molar-refractivity contribution < 1.29 is 9.47 Å². The summed E-state index contributed by atoms with van der Waals surface area (Å²) < 4.78 is 10.8. The molecule has 0 bridgehead atoms. The van der Waals surface area contributed by atoms with Gasteiger partial charge in [-0.25, -0.2) is 9.97 Å². The van der Waals surface area contributed by atoms with E-state index in [-0.39, 0.29) is 12.2 Å². The summed E-state index contributed by atoms with van der Waals surface area (Å²) in [6.45, 7) is 3.86. The van der Waals surface area contributed by atoms with Gasteiger partial charge in [0, 0.05) is 35.8 Å². The topological polar surface area (TPSA) is 112 Å². The third-order valence-electron chi connectivity index (χ3n) is 6.90. The predicted octanol–water partition coefficient (Wildman–Crippen LogP) is 5.75. The minimum absolute atomic E-state index is 0.229. The number of amidine groups is 1. The molecule has 9 nitrogen and oxygen atoms in total. The summed E-state index contributed by atoms with van der Waals surface area (Å²) in [7, 11) is 0. The molecule has 1 saturated heterocycles. The summed E-state index contributed by atoms with van der Waals surface area (Å²) in [6.07, 6.45) is 3.36. The molecule has 0 unspecified atom stereocenters. The van der Waals surface area contributed by atoms with Gasteiger partial charge in [-0.15, -0.1) is 0 Å². The van der Waals surface area contributed by atoms with Crippen molar-refractivity contribution in [3.63, 3.8) is 0 Å². The maximum Gasteiger partial charge on any atom is 0.231 e. The number of benzene rings is 2. The van der Waals surface area contributed by atoms with Crippen molar-refractivity contribution in [1.29, 1.82) is 5.41 Å². The normalized spacial score (nSPS) is 16.4. The molecule has 0 radical (unpaired) electrons. The van der Waals surface area contributed by atoms with Crippen molar-refractivity contribution in [3.8, 4) is 22.8 Å². The van der Waals surface area contributed by atoms with Crippen LogP contribution in [0.2, 0.25) is 10.0 Å². The zero-order valence-electron chi connectivity index (χ0n) is 19.4. The van der Waals surface area contributed by atoms with Crippen LogP contribution in [0, 0.1) is 10.8 Å². The van der Waals surface area contributed by atoms with Crippen LogP contribution >= 0.6 is 23.2 Å². The smallest absolute Gasteiger partial charge is 0.231 e. The van der Waals surface area contributed by atoms with Gasteiger partial charge in [0.1, 0.15) is 22.9 Å². The molecule has 2 aliphatic rings. The predicted molar refractivity (Wildman–Crippen MR) is 141 cm³/mol. The van der Waals surface area contributed by atoms with Crippen LogP contribution in [0.1, 0.15) is 19.8 Å². The van der Waals surface area contributed by atoms with Crippen LogP contribution in [-0.2, 0) is 0 Å². The fourth-order valence-electron chi connectivity index (χ4n) is 4.57. The summed E-state index contributed by atoms with van der Waals surface area (Å²) in [5.74, 6) is 2.68. The van der Waals surface area contributed by atoms with E-state index in [2.05, 4.69) is 32.3 Å². The van der Waals surface area contributed by atoms with E-state index in [0.717, 1.165) is 43.2 Å². The van der Waals surface area contributed by atoms with E-state index >= 15 is 0 Å². The number of H-pyrrole nitrogens is 1. The Hall–Kier alpha value is -3.56. The average molecular weight is 524 g/mol. The lowest BCUT2D eigenvalue weighted by atomic mass is 9.79. The van der Waals surface area contributed by atoms with Gasteiger partial charge in [0.15, 0.2) is 17.1 Å². The molecule has 3 N–H and O–H groups in total. The van der Waals surface area contributed by atoms with Crippen molar-refractivity contribution >= 4 is 51.7 Å². The average Bonchev–Trinajstić information content (AvgIpc) is 3.52. The fourth-order valence-corrected chi connectivity index (χ4v) is 4.96. The van der Waals surface area contributed by atoms with Gasteiger partial charge in [-0.1, -0.05) is 42.3 Å². The fraction of sp³-hybridized carbons (Fsp3) is 0.280. The van der Waals surface area contributed by atoms with E-state index in [1.807, 2.05) is 30.3 Å². The molecule has 0 atom stereocenters. The van der Waals surface area contributed by atoms with Gasteiger partial charge >= 0.3 is 0 Å². The number of fused-ring (bicyclic) bond motifs is 2. The first-order chi connectivity index (χ1) is 17.4. The Morgan fingerprint density at radius 3 is 2.78 bits per heavy atom. The summed E-state index contributed by atoms with van der Waals surface area (Å²) in [5.41, 5.74) is 3.09. The first-order valence-electron chi connectivity index (χ1n) is 11.6. The summed E-state index contributed by atoms with van der Waals surface area (Å²) in [5, 5.41) is 20.3. The molecule has 2 aliphatic heterocycles. The number of ether oxygens (including phenoxy) is 2. The number of nitrogens with zero attached hydrogens (tertiary/aromatic N) is 4. The van der Waals surface area contributed by atoms with Gasteiger partial charge in [-0.3, -0.25) is 10.5 Å². The van der Waals surface area contributed by atoms with E-state index in [4.69, 9.17) is 43.1 Å². The van der Waals surface area contributed by atoms with Crippen LogP contribution in [0.25, 0.3) is 22.4 Å². The second kappa shape index (κ2) is 8.83. The van der Waals surface area contributed by atoms with Gasteiger partial charge in [-0.05, 0) is 31.0 Å². The molecule has 0 spiro atoms. The van der Waals surface area contributed by atoms with Crippen molar-refractivity contribution in [3.05, 3.63) is 52.6 Å². The van der Waals surface area contributed by atoms with Crippen LogP contribution < -0.4 is 19.7 Å². The maximum atomic E-state index is 8.75. The van der Waals surface area contributed by atoms with E-state index in [1.165, 1.54) is 0 Å². The minimum Gasteiger partial charge on any atom is -0.454 e. The second-order valence-electron chi connectivity index (χ2n) is 9.21. The lowest BCUT2D eigenvalue weighted by Gasteiger charge is -2.40. The van der Waals surface area contributed by atoms with E-state index in [1.54, 1.807) is 12.3 Å². The van der Waals surface area contributed by atoms with Gasteiger partial charge in [-0.2, -0.15) is 5.10 Å². The van der Waals surface area contributed by atoms with E-state index < -0.39 is 0 Å². The van der Waals surface area contributed by atoms with Crippen LogP contribution in [0.5, 0.6) is 11.5 Å². The molecule has 11 heteroatoms. The van der Waals surface area contributed by atoms with Gasteiger partial charge in [0.25, 0.3) is 0 Å². The summed E-state index contributed by atoms with van der Waals surface area (Å²) >= 11 is 12.6. The third-order valence-corrected chi connectivity index (χ3v) is 7.72. The highest BCUT2D eigenvalue weighted by Gasteiger charge is 2.35. The quantitative estimate of drug-likeness (QED) is 0.230. The lowest BCUT2D eigenvalue weighted by Crippen LogP contribution is -2.45. The van der Waals surface area contributed by atoms with Crippen LogP contribution in [0.3, 0.4) is 0 Å². The van der Waals surface area contributed by atoms with Crippen LogP contribution in [0.15, 0.2) is 42.6 Å². The van der Waals surface area contributed by atoms with E-state index in [0.29, 0.717) is 44.1 Å². The highest BCUT2D eigenvalue weighted by atomic mass is 35.5. The molecule has 0 aliphatic carbocycles. The molecular weight excluding hydrogens is 501 g/mol. The van der Waals surface area contributed by atoms with Crippen molar-refractivity contribution in [2.45, 2.75) is 19.8 Å². The zero-order valence-corrected chi connectivity index (χ0v) is 21.0. The van der Waals surface area contributed by atoms with E-state index in [9.17, 15) is 0 Å². The molecule has 184 valence electrons. The van der Waals surface area contributed by atoms with Crippen LogP contribution in [-0.4, -0.2) is 45.9 Å². The SMILES string of the molecule is CC1(C(=N)Nc2ccc3c(c2)OCO3)CCN(c2cnc3c(-c4cccc(Cl)c4Cl)n[nH]c3n2)CC1. The standard InChI is InChI=1S/C25H23Cl2N7O2/c1-25(24(28)30-14-5-6-17-18(11-14)36-13-35-17)7-9-34(10-8-25)19-12-29-22-21(32-33-23(22)31-19)15-3-2-4-16(26)20(15)27/h2-6,11-12H,7-10,13H2,1H3,(H2,28,30)(H,31,32,33). The molecule has 0 saturated carbocycles. The molecule has 1 fully saturated rings. The minimum atomic E-state index is -0.283. The second-order valence-corrected chi connectivity index (χ2v) is 10.00. The molecule has 0 amide bonds.